The second kappa shape index (κ2) is 32.3. The highest BCUT2D eigenvalue weighted by Gasteiger charge is 2.61. The Morgan fingerprint density at radius 1 is 0.817 bits per heavy atom. The van der Waals surface area contributed by atoms with Crippen LogP contribution in [0.1, 0.15) is 175 Å². The van der Waals surface area contributed by atoms with Gasteiger partial charge in [-0.25, -0.2) is 13.9 Å². The molecule has 2 aromatic heterocycles. The third-order valence-corrected chi connectivity index (χ3v) is 21.2. The number of carbonyl (C=O) groups is 6. The molecule has 514 valence electrons. The Morgan fingerprint density at radius 3 is 2.14 bits per heavy atom. The highest BCUT2D eigenvalue weighted by Crippen LogP contribution is 2.68. The SMILES string of the molecule is CC(C)CCC[C@@H](C)[C@H]1CCC2C3CCC4C[C@@H](OC(=O)C[C@H](NC(=O)CCOCCOCCOCCOCCNC(=O)CN=C/C(=N\N)C(=O)N5CCN(C(=O)c6cn7nc(-c8ccc(F)cc8)cc(C(C)(C)C)c7n6)C(C)(C)C5)C(N)=O)CC[C@]4(C)C3CC[C@@]21C. The highest BCUT2D eigenvalue weighted by atomic mass is 19.1. The van der Waals surface area contributed by atoms with E-state index in [1.54, 1.807) is 27.7 Å². The number of ether oxygens (including phenoxy) is 5. The maximum atomic E-state index is 14.1. The molecule has 10 atom stereocenters. The number of piperazine rings is 1. The molecular formula is C70H106FN11O11. The largest absolute Gasteiger partial charge is 0.462 e. The van der Waals surface area contributed by atoms with Crippen LogP contribution in [0.25, 0.3) is 16.9 Å². The number of primary amides is 1. The number of hydrogen-bond acceptors (Lipinski definition) is 16. The van der Waals surface area contributed by atoms with Crippen molar-refractivity contribution in [2.45, 2.75) is 182 Å². The summed E-state index contributed by atoms with van der Waals surface area (Å²) in [6.45, 7) is 24.7. The number of amides is 5. The van der Waals surface area contributed by atoms with E-state index in [2.05, 4.69) is 55.3 Å². The number of nitrogens with one attached hydrogen (secondary N) is 2. The number of hydrogen-bond donors (Lipinski definition) is 4. The molecule has 93 heavy (non-hydrogen) atoms. The molecule has 4 saturated carbocycles. The molecule has 6 N–H and O–H groups in total. The van der Waals surface area contributed by atoms with E-state index in [0.29, 0.717) is 42.5 Å². The van der Waals surface area contributed by atoms with Crippen LogP contribution in [0, 0.1) is 58.1 Å². The number of hydrazone groups is 1. The van der Waals surface area contributed by atoms with Crippen molar-refractivity contribution in [1.29, 1.82) is 0 Å². The predicted octanol–water partition coefficient (Wildman–Crippen LogP) is 8.25. The summed E-state index contributed by atoms with van der Waals surface area (Å²) in [5, 5.41) is 13.7. The van der Waals surface area contributed by atoms with E-state index in [1.165, 1.54) is 74.8 Å². The number of aromatic nitrogens is 3. The number of carbonyl (C=O) groups excluding carboxylic acids is 6. The van der Waals surface area contributed by atoms with Gasteiger partial charge in [-0.05, 0) is 160 Å². The van der Waals surface area contributed by atoms with Crippen LogP contribution in [0.2, 0.25) is 0 Å². The number of nitrogens with two attached hydrogens (primary N) is 2. The summed E-state index contributed by atoms with van der Waals surface area (Å²) in [6, 6.07) is 6.80. The Labute approximate surface area is 549 Å². The number of aliphatic imine (C=N–C) groups is 1. The molecule has 1 saturated heterocycles. The monoisotopic (exact) mass is 1300 g/mol. The zero-order chi connectivity index (χ0) is 67.3. The van der Waals surface area contributed by atoms with Gasteiger partial charge in [0.2, 0.25) is 17.7 Å². The molecule has 8 rings (SSSR count). The van der Waals surface area contributed by atoms with Gasteiger partial charge in [0, 0.05) is 43.7 Å². The van der Waals surface area contributed by atoms with E-state index in [0.717, 1.165) is 72.1 Å². The second-order valence-electron chi connectivity index (χ2n) is 29.4. The lowest BCUT2D eigenvalue weighted by Gasteiger charge is -2.61. The molecule has 3 heterocycles. The molecule has 5 fully saturated rings. The zero-order valence-corrected chi connectivity index (χ0v) is 57.0. The van der Waals surface area contributed by atoms with E-state index in [9.17, 15) is 33.2 Å². The number of benzene rings is 1. The third kappa shape index (κ3) is 18.5. The first kappa shape index (κ1) is 72.4. The lowest BCUT2D eigenvalue weighted by atomic mass is 9.44. The molecule has 22 nitrogen and oxygen atoms in total. The molecule has 5 aliphatic rings. The van der Waals surface area contributed by atoms with E-state index >= 15 is 0 Å². The van der Waals surface area contributed by atoms with Crippen molar-refractivity contribution in [3.8, 4) is 11.3 Å². The lowest BCUT2D eigenvalue weighted by Crippen LogP contribution is -2.63. The van der Waals surface area contributed by atoms with Gasteiger partial charge in [-0.3, -0.25) is 33.8 Å². The van der Waals surface area contributed by atoms with Gasteiger partial charge in [0.05, 0.1) is 82.9 Å². The van der Waals surface area contributed by atoms with Crippen molar-refractivity contribution < 1.29 is 56.8 Å². The summed E-state index contributed by atoms with van der Waals surface area (Å²) in [4.78, 5) is 90.7. The first-order valence-corrected chi connectivity index (χ1v) is 34.1. The summed E-state index contributed by atoms with van der Waals surface area (Å²) in [5.41, 5.74) is 7.94. The predicted molar refractivity (Wildman–Crippen MR) is 353 cm³/mol. The Kier molecular flexibility index (Phi) is 25.2. The summed E-state index contributed by atoms with van der Waals surface area (Å²) >= 11 is 0. The molecule has 0 bridgehead atoms. The molecule has 3 aromatic rings. The Bertz CT molecular complexity index is 3110. The standard InChI is InChI=1S/C70H106FN11O11/c1-45(2)12-11-13-46(3)52-20-21-53-51-19-16-48-38-50(22-25-69(48,9)54(51)23-26-70(52,53)10)93-62(85)40-57(63(72)86)76-60(83)24-30-89-32-34-91-36-37-92-35-33-90-31-27-75-61(84)42-74-41-58(78-73)65(87)80-28-29-81(68(7,8)44-80)66(88)59-43-82-64(77-59)55(67(4,5)6)39-56(79-82)47-14-17-49(71)18-15-47/h14-15,17-18,39,41,43,45-46,48,50-54,57H,11-13,16,19-38,40,42,44,73H2,1-10H3,(H2,72,86)(H,75,84)(H,76,83)/b74-41?,78-58+/t46-,48?,50+,51?,52-,53?,54?,57+,69+,70-/m1/s1. The van der Waals surface area contributed by atoms with Gasteiger partial charge in [-0.2, -0.15) is 10.2 Å². The molecule has 0 spiro atoms. The van der Waals surface area contributed by atoms with Crippen LogP contribution < -0.4 is 22.2 Å². The van der Waals surface area contributed by atoms with Crippen molar-refractivity contribution in [2.75, 3.05) is 85.6 Å². The third-order valence-electron chi connectivity index (χ3n) is 21.2. The maximum absolute atomic E-state index is 14.1. The maximum Gasteiger partial charge on any atom is 0.308 e. The van der Waals surface area contributed by atoms with Crippen molar-refractivity contribution in [3.05, 3.63) is 53.6 Å². The van der Waals surface area contributed by atoms with Gasteiger partial charge in [0.15, 0.2) is 11.4 Å². The summed E-state index contributed by atoms with van der Waals surface area (Å²) in [6.07, 6.45) is 16.8. The topological polar surface area (TPSA) is 286 Å². The number of imidazole rings is 1. The van der Waals surface area contributed by atoms with Gasteiger partial charge in [-0.1, -0.05) is 74.7 Å². The molecule has 1 aromatic carbocycles. The number of nitrogens with zero attached hydrogens (tertiary/aromatic N) is 7. The number of rotatable bonds is 31. The first-order chi connectivity index (χ1) is 44.2. The summed E-state index contributed by atoms with van der Waals surface area (Å²) in [7, 11) is 0. The van der Waals surface area contributed by atoms with Gasteiger partial charge in [0.1, 0.15) is 30.2 Å². The fourth-order valence-corrected chi connectivity index (χ4v) is 16.2. The fourth-order valence-electron chi connectivity index (χ4n) is 16.2. The number of halogens is 1. The lowest BCUT2D eigenvalue weighted by molar-refractivity contribution is -0.163. The van der Waals surface area contributed by atoms with Crippen LogP contribution in [0.3, 0.4) is 0 Å². The van der Waals surface area contributed by atoms with E-state index in [-0.39, 0.29) is 119 Å². The average Bonchev–Trinajstić information content (AvgIpc) is 1.71. The summed E-state index contributed by atoms with van der Waals surface area (Å²) < 4.78 is 43.6. The van der Waals surface area contributed by atoms with Crippen molar-refractivity contribution in [1.82, 2.24) is 35.0 Å². The van der Waals surface area contributed by atoms with Crippen molar-refractivity contribution in [2.24, 2.45) is 73.9 Å². The van der Waals surface area contributed by atoms with Gasteiger partial charge < -0.3 is 55.7 Å². The van der Waals surface area contributed by atoms with Crippen LogP contribution in [0.15, 0.2) is 46.6 Å². The minimum Gasteiger partial charge on any atom is -0.462 e. The average molecular weight is 1300 g/mol. The minimum atomic E-state index is -1.18. The minimum absolute atomic E-state index is 0.0295. The van der Waals surface area contributed by atoms with Crippen molar-refractivity contribution in [3.63, 3.8) is 0 Å². The fraction of sp³-hybridized carbons (Fsp3) is 0.714. The van der Waals surface area contributed by atoms with Gasteiger partial charge >= 0.3 is 5.97 Å². The van der Waals surface area contributed by atoms with Crippen LogP contribution in [-0.2, 0) is 53.1 Å². The molecule has 4 aliphatic carbocycles. The van der Waals surface area contributed by atoms with Crippen LogP contribution in [0.5, 0.6) is 0 Å². The molecule has 0 radical (unpaired) electrons. The van der Waals surface area contributed by atoms with E-state index in [1.807, 2.05) is 40.7 Å². The molecule has 1 aliphatic heterocycles. The van der Waals surface area contributed by atoms with Crippen LogP contribution >= 0.6 is 0 Å². The first-order valence-electron chi connectivity index (χ1n) is 34.1. The van der Waals surface area contributed by atoms with E-state index < -0.39 is 41.2 Å². The van der Waals surface area contributed by atoms with Crippen molar-refractivity contribution >= 4 is 53.1 Å². The number of esters is 1. The number of fused-ring (bicyclic) bond motifs is 6. The van der Waals surface area contributed by atoms with Gasteiger partial charge in [-0.15, -0.1) is 0 Å². The molecule has 23 heteroatoms. The van der Waals surface area contributed by atoms with E-state index in [4.69, 9.17) is 45.3 Å². The van der Waals surface area contributed by atoms with Crippen LogP contribution in [-0.4, -0.2) is 175 Å². The van der Waals surface area contributed by atoms with Gasteiger partial charge in [0.25, 0.3) is 11.8 Å². The summed E-state index contributed by atoms with van der Waals surface area (Å²) in [5.74, 6) is 7.51. The Balaban J connectivity index is 0.627. The molecule has 5 amide bonds. The highest BCUT2D eigenvalue weighted by molar-refractivity contribution is 6.60. The Morgan fingerprint density at radius 2 is 1.48 bits per heavy atom. The molecular weight excluding hydrogens is 1190 g/mol. The van der Waals surface area contributed by atoms with Crippen LogP contribution in [0.4, 0.5) is 4.39 Å². The molecule has 4 unspecified atom stereocenters. The quantitative estimate of drug-likeness (QED) is 0.0155. The normalized spacial score (nSPS) is 25.3. The Hall–Kier alpha value is -6.43. The smallest absolute Gasteiger partial charge is 0.308 e. The second-order valence-corrected chi connectivity index (χ2v) is 29.4. The zero-order valence-electron chi connectivity index (χ0n) is 57.0.